The highest BCUT2D eigenvalue weighted by molar-refractivity contribution is 5.99. The molecular weight excluding hydrogens is 294 g/mol. The van der Waals surface area contributed by atoms with Crippen molar-refractivity contribution in [2.24, 2.45) is 0 Å². The molecule has 0 fully saturated rings. The van der Waals surface area contributed by atoms with Gasteiger partial charge in [0, 0.05) is 19.0 Å². The lowest BCUT2D eigenvalue weighted by Gasteiger charge is -2.44. The number of hydrogen-bond acceptors (Lipinski definition) is 1. The molecule has 0 saturated carbocycles. The van der Waals surface area contributed by atoms with Gasteiger partial charge in [-0.2, -0.15) is 0 Å². The zero-order valence-electron chi connectivity index (χ0n) is 13.5. The van der Waals surface area contributed by atoms with E-state index in [0.29, 0.717) is 0 Å². The summed E-state index contributed by atoms with van der Waals surface area (Å²) in [5.74, 6) is 0.100. The molecule has 0 bridgehead atoms. The van der Waals surface area contributed by atoms with Crippen LogP contribution in [0.1, 0.15) is 27.0 Å². The van der Waals surface area contributed by atoms with E-state index < -0.39 is 5.54 Å². The third-order valence-corrected chi connectivity index (χ3v) is 5.61. The maximum atomic E-state index is 13.1. The Morgan fingerprint density at radius 1 is 0.750 bits per heavy atom. The monoisotopic (exact) mass is 311 g/mol. The van der Waals surface area contributed by atoms with Crippen LogP contribution in [0.3, 0.4) is 0 Å². The van der Waals surface area contributed by atoms with E-state index in [2.05, 4.69) is 54.6 Å². The Labute approximate surface area is 141 Å². The number of likely N-dealkylation sites (N-methyl/N-ethyl adjacent to an activating group) is 1. The third kappa shape index (κ3) is 1.48. The molecule has 1 spiro atoms. The van der Waals surface area contributed by atoms with Crippen molar-refractivity contribution in [2.75, 3.05) is 7.05 Å². The first-order valence-electron chi connectivity index (χ1n) is 8.29. The van der Waals surface area contributed by atoms with Gasteiger partial charge in [0.15, 0.2) is 0 Å². The smallest absolute Gasteiger partial charge is 0.254 e. The number of amides is 1. The van der Waals surface area contributed by atoms with Crippen molar-refractivity contribution in [3.05, 3.63) is 95.1 Å². The van der Waals surface area contributed by atoms with E-state index in [-0.39, 0.29) is 5.91 Å². The number of benzene rings is 3. The lowest BCUT2D eigenvalue weighted by Crippen LogP contribution is -2.51. The first-order chi connectivity index (χ1) is 11.7. The molecule has 0 N–H and O–H groups in total. The van der Waals surface area contributed by atoms with Crippen molar-refractivity contribution in [1.82, 2.24) is 4.90 Å². The molecule has 24 heavy (non-hydrogen) atoms. The summed E-state index contributed by atoms with van der Waals surface area (Å²) in [6.45, 7) is 0. The van der Waals surface area contributed by atoms with Crippen molar-refractivity contribution >= 4 is 5.91 Å². The number of carbonyl (C=O) groups excluding carboxylic acids is 1. The minimum Gasteiger partial charge on any atom is -0.327 e. The van der Waals surface area contributed by atoms with Gasteiger partial charge in [-0.25, -0.2) is 0 Å². The molecule has 0 unspecified atom stereocenters. The molecule has 2 nitrogen and oxygen atoms in total. The Morgan fingerprint density at radius 2 is 1.25 bits per heavy atom. The minimum atomic E-state index is -0.404. The second kappa shape index (κ2) is 4.57. The summed E-state index contributed by atoms with van der Waals surface area (Å²) < 4.78 is 0. The summed E-state index contributed by atoms with van der Waals surface area (Å²) in [5.41, 5.74) is 6.51. The molecule has 0 aromatic heterocycles. The van der Waals surface area contributed by atoms with E-state index >= 15 is 0 Å². The number of rotatable bonds is 0. The summed E-state index contributed by atoms with van der Waals surface area (Å²) in [4.78, 5) is 15.1. The molecule has 0 radical (unpaired) electrons. The summed E-state index contributed by atoms with van der Waals surface area (Å²) in [6.07, 6.45) is 0.819. The van der Waals surface area contributed by atoms with Gasteiger partial charge in [-0.1, -0.05) is 66.7 Å². The molecule has 3 aromatic carbocycles. The van der Waals surface area contributed by atoms with Gasteiger partial charge in [-0.15, -0.1) is 0 Å². The summed E-state index contributed by atoms with van der Waals surface area (Å²) >= 11 is 0. The van der Waals surface area contributed by atoms with Crippen LogP contribution in [-0.4, -0.2) is 17.9 Å². The average molecular weight is 311 g/mol. The molecule has 1 aliphatic heterocycles. The number of carbonyl (C=O) groups is 1. The molecule has 1 amide bonds. The standard InChI is InChI=1S/C22H17NO/c1-23-21(24)16-9-3-2-8-15(16)14-22(23)19-12-6-4-10-17(19)18-11-5-7-13-20(18)22/h2-13H,14H2,1H3. The predicted octanol–water partition coefficient (Wildman–Crippen LogP) is 4.24. The maximum absolute atomic E-state index is 13.1. The van der Waals surface area contributed by atoms with Crippen LogP contribution in [0.15, 0.2) is 72.8 Å². The Hall–Kier alpha value is -2.87. The van der Waals surface area contributed by atoms with Gasteiger partial charge >= 0.3 is 0 Å². The van der Waals surface area contributed by atoms with E-state index in [4.69, 9.17) is 0 Å². The van der Waals surface area contributed by atoms with Crippen molar-refractivity contribution < 1.29 is 4.79 Å². The van der Waals surface area contributed by atoms with Crippen molar-refractivity contribution in [1.29, 1.82) is 0 Å². The van der Waals surface area contributed by atoms with Crippen LogP contribution in [0.2, 0.25) is 0 Å². The number of hydrogen-bond donors (Lipinski definition) is 0. The highest BCUT2D eigenvalue weighted by Gasteiger charge is 2.50. The highest BCUT2D eigenvalue weighted by atomic mass is 16.2. The lowest BCUT2D eigenvalue weighted by atomic mass is 9.76. The van der Waals surface area contributed by atoms with Crippen LogP contribution in [0.25, 0.3) is 11.1 Å². The molecule has 5 rings (SSSR count). The highest BCUT2D eigenvalue weighted by Crippen LogP contribution is 2.53. The van der Waals surface area contributed by atoms with E-state index in [1.807, 2.05) is 30.1 Å². The largest absolute Gasteiger partial charge is 0.327 e. The van der Waals surface area contributed by atoms with Crippen LogP contribution in [0, 0.1) is 0 Å². The Morgan fingerprint density at radius 3 is 1.88 bits per heavy atom. The Bertz CT molecular complexity index is 943. The zero-order valence-corrected chi connectivity index (χ0v) is 13.5. The van der Waals surface area contributed by atoms with Crippen LogP contribution < -0.4 is 0 Å². The fourth-order valence-electron chi connectivity index (χ4n) is 4.49. The fraction of sp³-hybridized carbons (Fsp3) is 0.136. The molecule has 116 valence electrons. The van der Waals surface area contributed by atoms with Crippen LogP contribution in [0.5, 0.6) is 0 Å². The molecule has 0 atom stereocenters. The molecular formula is C22H17NO. The quantitative estimate of drug-likeness (QED) is 0.608. The van der Waals surface area contributed by atoms with Gasteiger partial charge in [0.25, 0.3) is 5.91 Å². The van der Waals surface area contributed by atoms with Crippen molar-refractivity contribution in [3.8, 4) is 11.1 Å². The first-order valence-corrected chi connectivity index (χ1v) is 8.29. The van der Waals surface area contributed by atoms with E-state index in [9.17, 15) is 4.79 Å². The van der Waals surface area contributed by atoms with Gasteiger partial charge in [0.2, 0.25) is 0 Å². The topological polar surface area (TPSA) is 20.3 Å². The SMILES string of the molecule is CN1C(=O)c2ccccc2CC12c1ccccc1-c1ccccc12. The molecule has 2 aliphatic rings. The van der Waals surface area contributed by atoms with E-state index in [1.165, 1.54) is 22.3 Å². The molecule has 0 saturated heterocycles. The first kappa shape index (κ1) is 13.6. The molecule has 1 heterocycles. The van der Waals surface area contributed by atoms with E-state index in [1.54, 1.807) is 0 Å². The molecule has 3 aromatic rings. The van der Waals surface area contributed by atoms with Gasteiger partial charge in [0.1, 0.15) is 0 Å². The van der Waals surface area contributed by atoms with Gasteiger partial charge in [-0.3, -0.25) is 4.79 Å². The predicted molar refractivity (Wildman–Crippen MR) is 94.9 cm³/mol. The second-order valence-electron chi connectivity index (χ2n) is 6.65. The summed E-state index contributed by atoms with van der Waals surface area (Å²) in [7, 11) is 1.94. The molecule has 2 heteroatoms. The van der Waals surface area contributed by atoms with Crippen molar-refractivity contribution in [3.63, 3.8) is 0 Å². The fourth-order valence-corrected chi connectivity index (χ4v) is 4.49. The zero-order chi connectivity index (χ0) is 16.3. The molecule has 1 aliphatic carbocycles. The Kier molecular flexibility index (Phi) is 2.58. The lowest BCUT2D eigenvalue weighted by molar-refractivity contribution is 0.0598. The average Bonchev–Trinajstić information content (AvgIpc) is 2.92. The van der Waals surface area contributed by atoms with Crippen LogP contribution >= 0.6 is 0 Å². The normalized spacial score (nSPS) is 16.7. The maximum Gasteiger partial charge on any atom is 0.254 e. The number of nitrogens with zero attached hydrogens (tertiary/aromatic N) is 1. The van der Waals surface area contributed by atoms with Crippen molar-refractivity contribution in [2.45, 2.75) is 12.0 Å². The van der Waals surface area contributed by atoms with Crippen LogP contribution in [0.4, 0.5) is 0 Å². The van der Waals surface area contributed by atoms with Gasteiger partial charge in [-0.05, 0) is 33.9 Å². The second-order valence-corrected chi connectivity index (χ2v) is 6.65. The van der Waals surface area contributed by atoms with Gasteiger partial charge in [0.05, 0.1) is 5.54 Å². The van der Waals surface area contributed by atoms with Gasteiger partial charge < -0.3 is 4.90 Å². The minimum absolute atomic E-state index is 0.100. The Balaban J connectivity index is 1.87. The van der Waals surface area contributed by atoms with Crippen LogP contribution in [-0.2, 0) is 12.0 Å². The summed E-state index contributed by atoms with van der Waals surface area (Å²) in [5, 5.41) is 0. The third-order valence-electron chi connectivity index (χ3n) is 5.61. The number of fused-ring (bicyclic) bond motifs is 6. The summed E-state index contributed by atoms with van der Waals surface area (Å²) in [6, 6.07) is 25.0. The van der Waals surface area contributed by atoms with E-state index in [0.717, 1.165) is 17.5 Å².